The van der Waals surface area contributed by atoms with Gasteiger partial charge in [0.1, 0.15) is 6.29 Å². The van der Waals surface area contributed by atoms with E-state index in [1.165, 1.54) is 24.6 Å². The van der Waals surface area contributed by atoms with Crippen LogP contribution < -0.4 is 5.73 Å². The molecule has 2 bridgehead atoms. The lowest BCUT2D eigenvalue weighted by Gasteiger charge is -1.98. The normalized spacial score (nSPS) is 21.9. The van der Waals surface area contributed by atoms with Gasteiger partial charge in [-0.05, 0) is 42.6 Å². The zero-order valence-corrected chi connectivity index (χ0v) is 14.5. The molecule has 2 unspecified atom stereocenters. The van der Waals surface area contributed by atoms with Gasteiger partial charge in [-0.25, -0.2) is 0 Å². The number of nitrogens with two attached hydrogens (primary N) is 1. The summed E-state index contributed by atoms with van der Waals surface area (Å²) in [5.41, 5.74) is 6.31. The fourth-order valence-electron chi connectivity index (χ4n) is 3.29. The topological polar surface area (TPSA) is 43.1 Å². The Hall–Kier alpha value is -2.87. The zero-order valence-electron chi connectivity index (χ0n) is 19.5. The first-order chi connectivity index (χ1) is 14.8. The van der Waals surface area contributed by atoms with Crippen LogP contribution in [0.3, 0.4) is 0 Å². The molecular weight excluding hydrogens is 318 g/mol. The number of carbonyl (C=O) groups excluding carboxylic acids is 1. The van der Waals surface area contributed by atoms with Gasteiger partial charge in [-0.15, -0.1) is 0 Å². The van der Waals surface area contributed by atoms with E-state index < -0.39 is 30.2 Å². The number of nitrogen functional groups attached to an aromatic ring is 1. The minimum atomic E-state index is -0.486. The molecule has 3 aromatic rings. The number of allylic oxidation sites excluding steroid dienone is 2. The fraction of sp³-hybridized carbons (Fsp3) is 0.208. The van der Waals surface area contributed by atoms with Crippen molar-refractivity contribution in [2.75, 3.05) is 5.73 Å². The summed E-state index contributed by atoms with van der Waals surface area (Å²) in [6, 6.07) is 11.7. The highest BCUT2D eigenvalue weighted by molar-refractivity contribution is 5.92. The maximum Gasteiger partial charge on any atom is 0.150 e. The van der Waals surface area contributed by atoms with Crippen molar-refractivity contribution >= 4 is 22.7 Å². The van der Waals surface area contributed by atoms with E-state index in [2.05, 4.69) is 24.3 Å². The molecule has 0 heterocycles. The Morgan fingerprint density at radius 2 is 1.58 bits per heavy atom. The van der Waals surface area contributed by atoms with Crippen LogP contribution in [0.5, 0.6) is 0 Å². The number of hydrogen-bond acceptors (Lipinski definition) is 2. The number of aldehydes is 1. The molecule has 0 radical (unpaired) electrons. The van der Waals surface area contributed by atoms with E-state index in [0.29, 0.717) is 0 Å². The second kappa shape index (κ2) is 9.00. The minimum absolute atomic E-state index is 0.264. The molecule has 0 aliphatic heterocycles. The van der Waals surface area contributed by atoms with Gasteiger partial charge in [0, 0.05) is 16.6 Å². The number of rotatable bonds is 1. The molecule has 26 heavy (non-hydrogen) atoms. The monoisotopic (exact) mass is 348 g/mol. The first-order valence-electron chi connectivity index (χ1n) is 11.3. The lowest BCUT2D eigenvalue weighted by atomic mass is 10.1. The largest absolute Gasteiger partial charge is 0.398 e. The second-order valence-electron chi connectivity index (χ2n) is 6.44. The highest BCUT2D eigenvalue weighted by Crippen LogP contribution is 2.38. The third-order valence-corrected chi connectivity index (χ3v) is 4.63. The summed E-state index contributed by atoms with van der Waals surface area (Å²) in [6.45, 7) is 0. The lowest BCUT2D eigenvalue weighted by Crippen LogP contribution is -1.84. The Bertz CT molecular complexity index is 1080. The van der Waals surface area contributed by atoms with Gasteiger partial charge >= 0.3 is 0 Å². The van der Waals surface area contributed by atoms with Crippen molar-refractivity contribution in [3.05, 3.63) is 90.4 Å². The van der Waals surface area contributed by atoms with E-state index in [0.717, 1.165) is 22.9 Å². The molecule has 3 aromatic carbocycles. The van der Waals surface area contributed by atoms with Crippen molar-refractivity contribution in [1.82, 2.24) is 0 Å². The van der Waals surface area contributed by atoms with Crippen LogP contribution in [0.4, 0.5) is 5.69 Å². The summed E-state index contributed by atoms with van der Waals surface area (Å²) in [7, 11) is 0. The average molecular weight is 349 g/mol. The van der Waals surface area contributed by atoms with Gasteiger partial charge in [-0.2, -0.15) is 0 Å². The molecule has 0 aromatic heterocycles. The average Bonchev–Trinajstić information content (AvgIpc) is 3.44. The summed E-state index contributed by atoms with van der Waals surface area (Å²) < 4.78 is 36.0. The van der Waals surface area contributed by atoms with E-state index in [1.54, 1.807) is 0 Å². The minimum Gasteiger partial charge on any atom is -0.398 e. The van der Waals surface area contributed by atoms with Crippen molar-refractivity contribution in [3.8, 4) is 0 Å². The van der Waals surface area contributed by atoms with Crippen molar-refractivity contribution in [2.24, 2.45) is 11.8 Å². The Morgan fingerprint density at radius 1 is 0.923 bits per heavy atom. The van der Waals surface area contributed by atoms with Crippen LogP contribution in [0, 0.1) is 11.8 Å². The van der Waals surface area contributed by atoms with Crippen LogP contribution in [0.25, 0.3) is 10.8 Å². The predicted octanol–water partition coefficient (Wildman–Crippen LogP) is 5.89. The Kier molecular flexibility index (Phi) is 4.32. The van der Waals surface area contributed by atoms with Crippen LogP contribution in [0.1, 0.15) is 36.5 Å². The number of carbonyl (C=O) groups is 1. The smallest absolute Gasteiger partial charge is 0.150 e. The molecule has 2 nitrogen and oxygen atoms in total. The Morgan fingerprint density at radius 3 is 2.12 bits per heavy atom. The summed E-state index contributed by atoms with van der Waals surface area (Å²) in [4.78, 5) is 10.4. The first kappa shape index (κ1) is 12.5. The number of fused-ring (bicyclic) bond motifs is 3. The van der Waals surface area contributed by atoms with E-state index in [4.69, 9.17) is 12.6 Å². The van der Waals surface area contributed by atoms with Gasteiger partial charge < -0.3 is 5.73 Å². The van der Waals surface area contributed by atoms with Gasteiger partial charge in [0.15, 0.2) is 0 Å². The summed E-state index contributed by atoms with van der Waals surface area (Å²) in [6.07, 6.45) is 9.45. The second-order valence-corrected chi connectivity index (χ2v) is 6.44. The third-order valence-electron chi connectivity index (χ3n) is 4.63. The maximum absolute atomic E-state index is 10.4. The van der Waals surface area contributed by atoms with Crippen LogP contribution >= 0.6 is 0 Å². The number of hydrogen-bond donors (Lipinski definition) is 1. The molecule has 1 fully saturated rings. The van der Waals surface area contributed by atoms with Crippen LogP contribution in [-0.2, 0) is 0 Å². The van der Waals surface area contributed by atoms with Gasteiger partial charge in [0.05, 0.1) is 6.85 Å². The highest BCUT2D eigenvalue weighted by atomic mass is 16.1. The Balaban J connectivity index is 0.000000137. The lowest BCUT2D eigenvalue weighted by molar-refractivity contribution is 0.112. The molecule has 2 atom stereocenters. The molecule has 0 amide bonds. The summed E-state index contributed by atoms with van der Waals surface area (Å²) >= 11 is 0. The molecule has 132 valence electrons. The molecule has 2 aliphatic rings. The predicted molar refractivity (Wildman–Crippen MR) is 110 cm³/mol. The maximum atomic E-state index is 10.4. The van der Waals surface area contributed by atoms with E-state index >= 15 is 0 Å². The van der Waals surface area contributed by atoms with E-state index in [9.17, 15) is 4.79 Å². The Labute approximate surface area is 162 Å². The van der Waals surface area contributed by atoms with Crippen molar-refractivity contribution < 1.29 is 11.6 Å². The molecule has 0 saturated heterocycles. The van der Waals surface area contributed by atoms with Gasteiger partial charge in [0.25, 0.3) is 0 Å². The molecule has 2 aliphatic carbocycles. The van der Waals surface area contributed by atoms with Crippen LogP contribution in [0.2, 0.25) is 0 Å². The number of anilines is 1. The SMILES string of the molecule is C1=CC2CCC1C2.Nc1cccc2ccccc12.[2H]c1c([2H])c([2H])c(C=O)c([2H])c1[2H]. The molecule has 0 spiro atoms. The van der Waals surface area contributed by atoms with E-state index in [-0.39, 0.29) is 11.8 Å². The van der Waals surface area contributed by atoms with Crippen molar-refractivity contribution in [1.29, 1.82) is 0 Å². The van der Waals surface area contributed by atoms with Gasteiger partial charge in [0.2, 0.25) is 0 Å². The molecule has 2 N–H and O–H groups in total. The molecular formula is C24H25NO. The van der Waals surface area contributed by atoms with Crippen LogP contribution in [-0.4, -0.2) is 6.29 Å². The summed E-state index contributed by atoms with van der Waals surface area (Å²) in [5.74, 6) is 1.98. The molecule has 5 rings (SSSR count). The zero-order chi connectivity index (χ0) is 22.5. The van der Waals surface area contributed by atoms with Gasteiger partial charge in [-0.1, -0.05) is 78.8 Å². The van der Waals surface area contributed by atoms with E-state index in [1.807, 2.05) is 30.3 Å². The standard InChI is InChI=1S/C10H9N.C7H6O.C7H10/c11-10-7-3-5-8-4-1-2-6-9(8)10;8-6-7-4-2-1-3-5-7;1-2-7-4-3-6(1)5-7/h1-7H,11H2;1-6H;1-2,6-7H,3-5H2/i;1D,2D,3D,4D,5D;. The van der Waals surface area contributed by atoms with Crippen molar-refractivity contribution in [3.63, 3.8) is 0 Å². The third kappa shape index (κ3) is 4.82. The summed E-state index contributed by atoms with van der Waals surface area (Å²) in [5, 5.41) is 2.34. The number of benzene rings is 3. The molecule has 1 saturated carbocycles. The molecule has 2 heteroatoms. The van der Waals surface area contributed by atoms with Crippen molar-refractivity contribution in [2.45, 2.75) is 19.3 Å². The first-order valence-corrected chi connectivity index (χ1v) is 8.77. The van der Waals surface area contributed by atoms with Gasteiger partial charge in [-0.3, -0.25) is 4.79 Å². The quantitative estimate of drug-likeness (QED) is 0.338. The fourth-order valence-corrected chi connectivity index (χ4v) is 3.29. The van der Waals surface area contributed by atoms with Crippen LogP contribution in [0.15, 0.2) is 84.8 Å². The highest BCUT2D eigenvalue weighted by Gasteiger charge is 2.25.